The van der Waals surface area contributed by atoms with Crippen LogP contribution in [0.1, 0.15) is 44.1 Å². The Kier molecular flexibility index (Phi) is 5.84. The molecule has 0 unspecified atom stereocenters. The molecule has 0 radical (unpaired) electrons. The molecule has 0 fully saturated rings. The van der Waals surface area contributed by atoms with Crippen LogP contribution in [-0.2, 0) is 19.4 Å². The fraction of sp³-hybridized carbons (Fsp3) is 0.476. The Morgan fingerprint density at radius 2 is 2.07 bits per heavy atom. The summed E-state index contributed by atoms with van der Waals surface area (Å²) in [6.07, 6.45) is 1.54. The molecule has 160 valence electrons. The molecule has 9 heteroatoms. The Morgan fingerprint density at radius 3 is 2.83 bits per heavy atom. The van der Waals surface area contributed by atoms with E-state index in [4.69, 9.17) is 15.5 Å². The smallest absolute Gasteiger partial charge is 0.312 e. The highest BCUT2D eigenvalue weighted by Gasteiger charge is 2.20. The number of benzene rings is 1. The number of ether oxygens (including phenoxy) is 1. The number of nitrogen functional groups attached to an aromatic ring is 1. The number of halogens is 2. The summed E-state index contributed by atoms with van der Waals surface area (Å²) in [5.41, 5.74) is 9.23. The van der Waals surface area contributed by atoms with Gasteiger partial charge in [0.15, 0.2) is 17.0 Å². The van der Waals surface area contributed by atoms with Gasteiger partial charge in [-0.2, -0.15) is 14.4 Å². The quantitative estimate of drug-likeness (QED) is 0.292. The molecular formula is C21H26FIN6O. The first-order chi connectivity index (χ1) is 14.2. The van der Waals surface area contributed by atoms with E-state index >= 15 is 0 Å². The molecule has 7 nitrogen and oxygen atoms in total. The second kappa shape index (κ2) is 8.26. The SMILES string of the molecule is CC(C)(C)NCCCn1c(Cc2cc3c(cc2I)CCO3)nc2c(N)nc(F)nc21. The Morgan fingerprint density at radius 1 is 1.27 bits per heavy atom. The number of nitrogens with zero attached hydrogens (tertiary/aromatic N) is 4. The first kappa shape index (κ1) is 21.2. The minimum absolute atomic E-state index is 0.0407. The number of rotatable bonds is 6. The van der Waals surface area contributed by atoms with Crippen molar-refractivity contribution >= 4 is 39.6 Å². The molecule has 0 amide bonds. The number of aromatic nitrogens is 4. The van der Waals surface area contributed by atoms with E-state index in [0.29, 0.717) is 24.1 Å². The summed E-state index contributed by atoms with van der Waals surface area (Å²) in [6, 6.07) is 4.26. The fourth-order valence-electron chi connectivity index (χ4n) is 3.65. The molecule has 3 heterocycles. The normalized spacial score (nSPS) is 13.6. The number of hydrogen-bond donors (Lipinski definition) is 2. The number of fused-ring (bicyclic) bond motifs is 2. The van der Waals surface area contributed by atoms with Crippen LogP contribution in [0.25, 0.3) is 11.2 Å². The molecule has 0 atom stereocenters. The van der Waals surface area contributed by atoms with E-state index in [0.717, 1.165) is 46.7 Å². The highest BCUT2D eigenvalue weighted by molar-refractivity contribution is 14.1. The molecular weight excluding hydrogens is 498 g/mol. The highest BCUT2D eigenvalue weighted by atomic mass is 127. The van der Waals surface area contributed by atoms with Gasteiger partial charge in [-0.15, -0.1) is 0 Å². The molecule has 4 rings (SSSR count). The van der Waals surface area contributed by atoms with Crippen LogP contribution in [-0.4, -0.2) is 38.2 Å². The molecule has 1 aliphatic rings. The molecule has 0 aliphatic carbocycles. The van der Waals surface area contributed by atoms with Crippen LogP contribution >= 0.6 is 22.6 Å². The van der Waals surface area contributed by atoms with Crippen LogP contribution in [0, 0.1) is 9.65 Å². The lowest BCUT2D eigenvalue weighted by Gasteiger charge is -2.20. The molecule has 0 saturated heterocycles. The van der Waals surface area contributed by atoms with Crippen LogP contribution in [0.15, 0.2) is 12.1 Å². The summed E-state index contributed by atoms with van der Waals surface area (Å²) in [5.74, 6) is 1.80. The van der Waals surface area contributed by atoms with Gasteiger partial charge in [-0.05, 0) is 79.6 Å². The summed E-state index contributed by atoms with van der Waals surface area (Å²) in [6.45, 7) is 8.60. The largest absolute Gasteiger partial charge is 0.493 e. The lowest BCUT2D eigenvalue weighted by atomic mass is 10.1. The average molecular weight is 524 g/mol. The van der Waals surface area contributed by atoms with E-state index < -0.39 is 6.08 Å². The lowest BCUT2D eigenvalue weighted by Crippen LogP contribution is -2.36. The molecule has 0 spiro atoms. The van der Waals surface area contributed by atoms with E-state index in [9.17, 15) is 4.39 Å². The number of nitrogens with one attached hydrogen (secondary N) is 1. The minimum atomic E-state index is -0.832. The van der Waals surface area contributed by atoms with Gasteiger partial charge in [0, 0.05) is 28.5 Å². The summed E-state index contributed by atoms with van der Waals surface area (Å²) in [4.78, 5) is 12.3. The van der Waals surface area contributed by atoms with Gasteiger partial charge in [-0.25, -0.2) is 4.98 Å². The third kappa shape index (κ3) is 4.51. The van der Waals surface area contributed by atoms with Crippen molar-refractivity contribution in [1.82, 2.24) is 24.8 Å². The van der Waals surface area contributed by atoms with Crippen LogP contribution in [0.2, 0.25) is 0 Å². The Hall–Kier alpha value is -2.01. The minimum Gasteiger partial charge on any atom is -0.493 e. The fourth-order valence-corrected chi connectivity index (χ4v) is 4.38. The summed E-state index contributed by atoms with van der Waals surface area (Å²) in [5, 5.41) is 3.48. The number of hydrogen-bond acceptors (Lipinski definition) is 6. The number of imidazole rings is 1. The van der Waals surface area contributed by atoms with Crippen molar-refractivity contribution in [3.63, 3.8) is 0 Å². The molecule has 0 saturated carbocycles. The van der Waals surface area contributed by atoms with Crippen LogP contribution < -0.4 is 15.8 Å². The van der Waals surface area contributed by atoms with Gasteiger partial charge in [0.25, 0.3) is 0 Å². The van der Waals surface area contributed by atoms with Crippen molar-refractivity contribution in [2.75, 3.05) is 18.9 Å². The van der Waals surface area contributed by atoms with Gasteiger partial charge in [0.2, 0.25) is 0 Å². The average Bonchev–Trinajstić information content (AvgIpc) is 3.23. The second-order valence-electron chi connectivity index (χ2n) is 8.59. The predicted octanol–water partition coefficient (Wildman–Crippen LogP) is 3.46. The van der Waals surface area contributed by atoms with Gasteiger partial charge < -0.3 is 20.4 Å². The van der Waals surface area contributed by atoms with E-state index in [1.165, 1.54) is 5.56 Å². The van der Waals surface area contributed by atoms with E-state index in [2.05, 4.69) is 70.8 Å². The molecule has 30 heavy (non-hydrogen) atoms. The van der Waals surface area contributed by atoms with Crippen molar-refractivity contribution in [2.45, 2.75) is 52.1 Å². The Balaban J connectivity index is 1.67. The van der Waals surface area contributed by atoms with Crippen LogP contribution in [0.3, 0.4) is 0 Å². The molecule has 3 aromatic rings. The summed E-state index contributed by atoms with van der Waals surface area (Å²) >= 11 is 2.35. The van der Waals surface area contributed by atoms with Gasteiger partial charge in [0.1, 0.15) is 11.6 Å². The van der Waals surface area contributed by atoms with Gasteiger partial charge >= 0.3 is 6.08 Å². The van der Waals surface area contributed by atoms with E-state index in [-0.39, 0.29) is 11.4 Å². The maximum atomic E-state index is 13.9. The van der Waals surface area contributed by atoms with Crippen molar-refractivity contribution in [1.29, 1.82) is 0 Å². The molecule has 1 aliphatic heterocycles. The van der Waals surface area contributed by atoms with Crippen LogP contribution in [0.4, 0.5) is 10.2 Å². The number of nitrogens with two attached hydrogens (primary N) is 1. The molecule has 1 aromatic carbocycles. The van der Waals surface area contributed by atoms with Gasteiger partial charge in [-0.1, -0.05) is 0 Å². The Labute approximate surface area is 188 Å². The topological polar surface area (TPSA) is 90.9 Å². The maximum Gasteiger partial charge on any atom is 0.312 e. The summed E-state index contributed by atoms with van der Waals surface area (Å²) in [7, 11) is 0. The zero-order chi connectivity index (χ0) is 21.5. The summed E-state index contributed by atoms with van der Waals surface area (Å²) < 4.78 is 22.8. The van der Waals surface area contributed by atoms with Gasteiger partial charge in [0.05, 0.1) is 6.61 Å². The zero-order valence-corrected chi connectivity index (χ0v) is 19.6. The van der Waals surface area contributed by atoms with E-state index in [1.807, 2.05) is 4.57 Å². The number of anilines is 1. The predicted molar refractivity (Wildman–Crippen MR) is 123 cm³/mol. The van der Waals surface area contributed by atoms with Crippen molar-refractivity contribution in [2.24, 2.45) is 0 Å². The first-order valence-corrected chi connectivity index (χ1v) is 11.2. The molecule has 0 bridgehead atoms. The molecule has 3 N–H and O–H groups in total. The number of aryl methyl sites for hydroxylation is 1. The van der Waals surface area contributed by atoms with Crippen molar-refractivity contribution in [3.05, 3.63) is 38.7 Å². The highest BCUT2D eigenvalue weighted by Crippen LogP contribution is 2.31. The maximum absolute atomic E-state index is 13.9. The van der Waals surface area contributed by atoms with Crippen molar-refractivity contribution < 1.29 is 9.13 Å². The second-order valence-corrected chi connectivity index (χ2v) is 9.75. The first-order valence-electron chi connectivity index (χ1n) is 10.1. The standard InChI is InChI=1S/C21H26FIN6O/c1-21(2,3)25-6-4-7-29-16(26-17-18(24)27-20(22)28-19(17)29)11-13-10-15-12(5-8-30-15)9-14(13)23/h9-10,25H,4-8,11H2,1-3H3,(H2,24,27,28). The zero-order valence-electron chi connectivity index (χ0n) is 17.4. The van der Waals surface area contributed by atoms with Crippen molar-refractivity contribution in [3.8, 4) is 5.75 Å². The molecule has 2 aromatic heterocycles. The van der Waals surface area contributed by atoms with Crippen LogP contribution in [0.5, 0.6) is 5.75 Å². The third-order valence-electron chi connectivity index (χ3n) is 5.09. The van der Waals surface area contributed by atoms with E-state index in [1.54, 1.807) is 0 Å². The Bertz CT molecular complexity index is 1090. The third-order valence-corrected chi connectivity index (χ3v) is 6.10. The monoisotopic (exact) mass is 524 g/mol. The van der Waals surface area contributed by atoms with Gasteiger partial charge in [-0.3, -0.25) is 0 Å². The lowest BCUT2D eigenvalue weighted by molar-refractivity contribution is 0.356.